The van der Waals surface area contributed by atoms with Gasteiger partial charge in [-0.2, -0.15) is 0 Å². The van der Waals surface area contributed by atoms with Crippen LogP contribution in [0.5, 0.6) is 11.5 Å². The number of alkyl carbamates (subject to hydrolysis) is 1. The average molecular weight is 321 g/mol. The highest BCUT2D eigenvalue weighted by Crippen LogP contribution is 2.24. The predicted octanol–water partition coefficient (Wildman–Crippen LogP) is 3.49. The van der Waals surface area contributed by atoms with Gasteiger partial charge in [0.15, 0.2) is 0 Å². The maximum Gasteiger partial charge on any atom is 0.573 e. The molecule has 0 spiro atoms. The second-order valence-corrected chi connectivity index (χ2v) is 5.30. The summed E-state index contributed by atoms with van der Waals surface area (Å²) >= 11 is 0. The largest absolute Gasteiger partial charge is 0.573 e. The summed E-state index contributed by atoms with van der Waals surface area (Å²) in [7, 11) is 0. The van der Waals surface area contributed by atoms with E-state index in [1.165, 1.54) is 12.1 Å². The molecular formula is C14H18F3NO4. The van der Waals surface area contributed by atoms with E-state index in [0.717, 1.165) is 12.1 Å². The van der Waals surface area contributed by atoms with Crippen LogP contribution in [0.3, 0.4) is 0 Å². The Kier molecular flexibility index (Phi) is 5.90. The van der Waals surface area contributed by atoms with Crippen LogP contribution >= 0.6 is 0 Å². The summed E-state index contributed by atoms with van der Waals surface area (Å²) in [6.45, 7) is 5.59. The smallest absolute Gasteiger partial charge is 0.492 e. The highest BCUT2D eigenvalue weighted by atomic mass is 19.4. The van der Waals surface area contributed by atoms with Crippen molar-refractivity contribution < 1.29 is 32.2 Å². The summed E-state index contributed by atoms with van der Waals surface area (Å²) < 4.78 is 50.0. The molecule has 1 N–H and O–H groups in total. The van der Waals surface area contributed by atoms with Crippen LogP contribution in [0.15, 0.2) is 24.3 Å². The number of halogens is 3. The van der Waals surface area contributed by atoms with Crippen LogP contribution in [-0.2, 0) is 4.74 Å². The summed E-state index contributed by atoms with van der Waals surface area (Å²) in [6.07, 6.45) is -5.29. The monoisotopic (exact) mass is 321 g/mol. The summed E-state index contributed by atoms with van der Waals surface area (Å²) in [6, 6.07) is 4.97. The molecule has 0 saturated heterocycles. The normalized spacial score (nSPS) is 11.7. The highest BCUT2D eigenvalue weighted by molar-refractivity contribution is 5.67. The minimum absolute atomic E-state index is 0.152. The molecule has 0 aromatic heterocycles. The molecule has 22 heavy (non-hydrogen) atoms. The molecule has 1 aromatic carbocycles. The summed E-state index contributed by atoms with van der Waals surface area (Å²) in [5.74, 6) is 0.0345. The lowest BCUT2D eigenvalue weighted by Gasteiger charge is -2.19. The highest BCUT2D eigenvalue weighted by Gasteiger charge is 2.30. The Hall–Kier alpha value is -2.12. The zero-order valence-corrected chi connectivity index (χ0v) is 12.5. The summed E-state index contributed by atoms with van der Waals surface area (Å²) in [4.78, 5) is 11.3. The Balaban J connectivity index is 2.30. The molecule has 0 radical (unpaired) electrons. The molecule has 5 nitrogen and oxygen atoms in total. The number of carbonyl (C=O) groups excluding carboxylic acids is 1. The number of alkyl halides is 3. The van der Waals surface area contributed by atoms with Gasteiger partial charge in [0.25, 0.3) is 0 Å². The van der Waals surface area contributed by atoms with Crippen molar-refractivity contribution in [1.82, 2.24) is 5.32 Å². The Labute approximate surface area is 126 Å². The lowest BCUT2D eigenvalue weighted by Crippen LogP contribution is -2.34. The van der Waals surface area contributed by atoms with Crippen molar-refractivity contribution in [2.45, 2.75) is 32.7 Å². The maximum atomic E-state index is 12.0. The molecule has 0 heterocycles. The Morgan fingerprint density at radius 3 is 2.14 bits per heavy atom. The molecule has 1 rings (SSSR count). The summed E-state index contributed by atoms with van der Waals surface area (Å²) in [5, 5.41) is 2.49. The second-order valence-electron chi connectivity index (χ2n) is 5.30. The van der Waals surface area contributed by atoms with E-state index < -0.39 is 18.1 Å². The van der Waals surface area contributed by atoms with Crippen molar-refractivity contribution in [2.75, 3.05) is 13.2 Å². The van der Waals surface area contributed by atoms with E-state index in [9.17, 15) is 18.0 Å². The fourth-order valence-electron chi connectivity index (χ4n) is 1.37. The number of benzene rings is 1. The third-order valence-corrected chi connectivity index (χ3v) is 2.10. The van der Waals surface area contributed by atoms with Crippen molar-refractivity contribution in [3.8, 4) is 11.5 Å². The molecule has 0 aliphatic carbocycles. The fraction of sp³-hybridized carbons (Fsp3) is 0.500. The van der Waals surface area contributed by atoms with Gasteiger partial charge in [-0.05, 0) is 45.0 Å². The number of nitrogens with one attached hydrogen (secondary N) is 1. The standard InChI is InChI=1S/C14H18F3NO4/c1-13(2,3)22-12(19)18-8-9-20-10-4-6-11(7-5-10)21-14(15,16)17/h4-7H,8-9H2,1-3H3,(H,18,19). The molecule has 8 heteroatoms. The molecular weight excluding hydrogens is 303 g/mol. The van der Waals surface area contributed by atoms with Gasteiger partial charge in [-0.1, -0.05) is 0 Å². The van der Waals surface area contributed by atoms with Crippen LogP contribution in [0.25, 0.3) is 0 Å². The quantitative estimate of drug-likeness (QED) is 0.844. The van der Waals surface area contributed by atoms with E-state index >= 15 is 0 Å². The topological polar surface area (TPSA) is 56.8 Å². The van der Waals surface area contributed by atoms with Gasteiger partial charge in [0.1, 0.15) is 23.7 Å². The number of ether oxygens (including phenoxy) is 3. The number of hydrogen-bond acceptors (Lipinski definition) is 4. The summed E-state index contributed by atoms with van der Waals surface area (Å²) in [5.41, 5.74) is -0.584. The molecule has 0 aliphatic heterocycles. The van der Waals surface area contributed by atoms with Crippen LogP contribution < -0.4 is 14.8 Å². The lowest BCUT2D eigenvalue weighted by molar-refractivity contribution is -0.274. The first kappa shape index (κ1) is 17.9. The van der Waals surface area contributed by atoms with Gasteiger partial charge in [-0.3, -0.25) is 0 Å². The van der Waals surface area contributed by atoms with Crippen LogP contribution in [0.2, 0.25) is 0 Å². The number of amides is 1. The van der Waals surface area contributed by atoms with Gasteiger partial charge in [0, 0.05) is 0 Å². The average Bonchev–Trinajstić information content (AvgIpc) is 2.32. The van der Waals surface area contributed by atoms with Crippen molar-refractivity contribution in [3.05, 3.63) is 24.3 Å². The van der Waals surface area contributed by atoms with Crippen molar-refractivity contribution in [1.29, 1.82) is 0 Å². The molecule has 0 saturated carbocycles. The first-order chi connectivity index (χ1) is 10.1. The molecule has 0 aliphatic rings. The van der Waals surface area contributed by atoms with E-state index in [1.807, 2.05) is 0 Å². The molecule has 0 atom stereocenters. The van der Waals surface area contributed by atoms with Gasteiger partial charge in [0.05, 0.1) is 6.54 Å². The molecule has 124 valence electrons. The van der Waals surface area contributed by atoms with Gasteiger partial charge >= 0.3 is 12.5 Å². The van der Waals surface area contributed by atoms with Gasteiger partial charge < -0.3 is 19.5 Å². The first-order valence-corrected chi connectivity index (χ1v) is 6.51. The van der Waals surface area contributed by atoms with E-state index in [1.54, 1.807) is 20.8 Å². The minimum atomic E-state index is -4.72. The number of hydrogen-bond donors (Lipinski definition) is 1. The van der Waals surface area contributed by atoms with Crippen molar-refractivity contribution in [2.24, 2.45) is 0 Å². The zero-order valence-electron chi connectivity index (χ0n) is 12.5. The molecule has 1 aromatic rings. The van der Waals surface area contributed by atoms with Gasteiger partial charge in [-0.15, -0.1) is 13.2 Å². The lowest BCUT2D eigenvalue weighted by atomic mass is 10.2. The van der Waals surface area contributed by atoms with E-state index in [-0.39, 0.29) is 18.9 Å². The third kappa shape index (κ3) is 8.23. The SMILES string of the molecule is CC(C)(C)OC(=O)NCCOc1ccc(OC(F)(F)F)cc1. The molecule has 0 fully saturated rings. The number of rotatable bonds is 5. The van der Waals surface area contributed by atoms with Gasteiger partial charge in [-0.25, -0.2) is 4.79 Å². The Morgan fingerprint density at radius 2 is 1.64 bits per heavy atom. The Morgan fingerprint density at radius 1 is 1.09 bits per heavy atom. The van der Waals surface area contributed by atoms with Crippen LogP contribution in [0.4, 0.5) is 18.0 Å². The molecule has 0 unspecified atom stereocenters. The minimum Gasteiger partial charge on any atom is -0.492 e. The Bertz CT molecular complexity index is 480. The van der Waals surface area contributed by atoms with E-state index in [2.05, 4.69) is 10.1 Å². The van der Waals surface area contributed by atoms with Gasteiger partial charge in [0.2, 0.25) is 0 Å². The predicted molar refractivity (Wildman–Crippen MR) is 72.9 cm³/mol. The van der Waals surface area contributed by atoms with Crippen molar-refractivity contribution >= 4 is 6.09 Å². The van der Waals surface area contributed by atoms with Crippen LogP contribution in [0.1, 0.15) is 20.8 Å². The van der Waals surface area contributed by atoms with Crippen LogP contribution in [-0.4, -0.2) is 31.2 Å². The first-order valence-electron chi connectivity index (χ1n) is 6.51. The zero-order chi connectivity index (χ0) is 16.8. The van der Waals surface area contributed by atoms with E-state index in [4.69, 9.17) is 9.47 Å². The maximum absolute atomic E-state index is 12.0. The van der Waals surface area contributed by atoms with Crippen molar-refractivity contribution in [3.63, 3.8) is 0 Å². The van der Waals surface area contributed by atoms with E-state index in [0.29, 0.717) is 5.75 Å². The third-order valence-electron chi connectivity index (χ3n) is 2.10. The fourth-order valence-corrected chi connectivity index (χ4v) is 1.37. The molecule has 0 bridgehead atoms. The second kappa shape index (κ2) is 7.24. The van der Waals surface area contributed by atoms with Crippen LogP contribution in [0, 0.1) is 0 Å². The number of carbonyl (C=O) groups is 1. The molecule has 1 amide bonds.